The Labute approximate surface area is 151 Å². The zero-order valence-corrected chi connectivity index (χ0v) is 15.5. The minimum Gasteiger partial charge on any atom is -0.469 e. The molecule has 1 aliphatic carbocycles. The number of esters is 1. The van der Waals surface area contributed by atoms with Crippen molar-refractivity contribution in [3.8, 4) is 0 Å². The zero-order chi connectivity index (χ0) is 18.5. The number of unbranched alkanes of at least 4 members (excludes halogenated alkanes) is 3. The molecule has 0 saturated heterocycles. The number of rotatable bonds is 12. The van der Waals surface area contributed by atoms with Gasteiger partial charge in [0.2, 0.25) is 0 Å². The quantitative estimate of drug-likeness (QED) is 0.327. The number of ether oxygens (including phenoxy) is 1. The molecular weight excluding hydrogens is 316 g/mol. The number of hydrogen-bond donors (Lipinski definition) is 1. The summed E-state index contributed by atoms with van der Waals surface area (Å²) >= 11 is 0. The molecule has 0 radical (unpaired) electrons. The van der Waals surface area contributed by atoms with E-state index in [-0.39, 0.29) is 30.0 Å². The van der Waals surface area contributed by atoms with E-state index in [0.29, 0.717) is 12.8 Å². The summed E-state index contributed by atoms with van der Waals surface area (Å²) < 4.78 is 4.55. The lowest BCUT2D eigenvalue weighted by molar-refractivity contribution is -0.141. The molecular formula is C21H32O4. The van der Waals surface area contributed by atoms with Crippen molar-refractivity contribution in [1.29, 1.82) is 0 Å². The SMILES string of the molecule is CCCCC/C=C\C[C@@H]1C=CC(=O)[C@H]1C/C=C\[C@H](O)CCC(=O)OC. The number of aliphatic hydroxyl groups is 1. The minimum absolute atomic E-state index is 0.0376. The normalized spacial score (nSPS) is 21.5. The van der Waals surface area contributed by atoms with Crippen LogP contribution in [0.5, 0.6) is 0 Å². The van der Waals surface area contributed by atoms with Crippen LogP contribution in [0, 0.1) is 11.8 Å². The minimum atomic E-state index is -0.680. The molecule has 0 bridgehead atoms. The highest BCUT2D eigenvalue weighted by atomic mass is 16.5. The summed E-state index contributed by atoms with van der Waals surface area (Å²) in [6.07, 6.45) is 17.8. The van der Waals surface area contributed by atoms with E-state index < -0.39 is 6.10 Å². The van der Waals surface area contributed by atoms with E-state index in [0.717, 1.165) is 12.8 Å². The van der Waals surface area contributed by atoms with Crippen LogP contribution in [-0.2, 0) is 14.3 Å². The lowest BCUT2D eigenvalue weighted by Gasteiger charge is -2.15. The highest BCUT2D eigenvalue weighted by Gasteiger charge is 2.27. The Balaban J connectivity index is 2.35. The predicted molar refractivity (Wildman–Crippen MR) is 100 cm³/mol. The largest absolute Gasteiger partial charge is 0.469 e. The highest BCUT2D eigenvalue weighted by Crippen LogP contribution is 2.29. The molecule has 1 aliphatic rings. The van der Waals surface area contributed by atoms with Gasteiger partial charge in [0, 0.05) is 12.3 Å². The van der Waals surface area contributed by atoms with E-state index in [2.05, 4.69) is 23.8 Å². The van der Waals surface area contributed by atoms with Crippen molar-refractivity contribution in [3.63, 3.8) is 0 Å². The van der Waals surface area contributed by atoms with E-state index in [1.165, 1.54) is 26.4 Å². The molecule has 4 nitrogen and oxygen atoms in total. The molecule has 0 aromatic carbocycles. The lowest BCUT2D eigenvalue weighted by Crippen LogP contribution is -2.15. The van der Waals surface area contributed by atoms with Gasteiger partial charge in [0.05, 0.1) is 13.2 Å². The van der Waals surface area contributed by atoms with Gasteiger partial charge in [-0.25, -0.2) is 0 Å². The second-order valence-electron chi connectivity index (χ2n) is 6.58. The fourth-order valence-electron chi connectivity index (χ4n) is 2.95. The van der Waals surface area contributed by atoms with Crippen LogP contribution in [0.25, 0.3) is 0 Å². The third-order valence-corrected chi connectivity index (χ3v) is 4.56. The average molecular weight is 348 g/mol. The first-order valence-corrected chi connectivity index (χ1v) is 9.37. The van der Waals surface area contributed by atoms with Gasteiger partial charge in [-0.05, 0) is 44.1 Å². The fourth-order valence-corrected chi connectivity index (χ4v) is 2.95. The maximum Gasteiger partial charge on any atom is 0.305 e. The number of carbonyl (C=O) groups excluding carboxylic acids is 2. The molecule has 1 N–H and O–H groups in total. The van der Waals surface area contributed by atoms with E-state index in [1.807, 2.05) is 12.2 Å². The summed E-state index contributed by atoms with van der Waals surface area (Å²) in [4.78, 5) is 23.1. The Bertz CT molecular complexity index is 490. The molecule has 0 spiro atoms. The Morgan fingerprint density at radius 3 is 2.80 bits per heavy atom. The number of carbonyl (C=O) groups is 2. The van der Waals surface area contributed by atoms with Gasteiger partial charge >= 0.3 is 5.97 Å². The Kier molecular flexibility index (Phi) is 10.8. The fraction of sp³-hybridized carbons (Fsp3) is 0.619. The van der Waals surface area contributed by atoms with E-state index in [4.69, 9.17) is 0 Å². The van der Waals surface area contributed by atoms with Gasteiger partial charge in [0.25, 0.3) is 0 Å². The van der Waals surface area contributed by atoms with Crippen molar-refractivity contribution in [2.24, 2.45) is 11.8 Å². The van der Waals surface area contributed by atoms with Crippen molar-refractivity contribution in [3.05, 3.63) is 36.5 Å². The van der Waals surface area contributed by atoms with Gasteiger partial charge in [0.1, 0.15) is 0 Å². The Morgan fingerprint density at radius 2 is 2.08 bits per heavy atom. The van der Waals surface area contributed by atoms with Gasteiger partial charge in [-0.3, -0.25) is 9.59 Å². The third kappa shape index (κ3) is 8.82. The molecule has 4 heteroatoms. The first-order chi connectivity index (χ1) is 12.1. The standard InChI is InChI=1S/C21H32O4/c1-3-4-5-6-7-8-10-17-13-15-20(23)19(17)12-9-11-18(22)14-16-21(24)25-2/h7-9,11,13,15,17-19,22H,3-6,10,12,14,16H2,1-2H3/b8-7-,11-9-/t17-,18+,19+/m1/s1. The van der Waals surface area contributed by atoms with Gasteiger partial charge in [-0.1, -0.05) is 50.1 Å². The predicted octanol–water partition coefficient (Wildman–Crippen LogP) is 4.14. The number of aliphatic hydroxyl groups excluding tert-OH is 1. The van der Waals surface area contributed by atoms with Crippen molar-refractivity contribution >= 4 is 11.8 Å². The van der Waals surface area contributed by atoms with Gasteiger partial charge < -0.3 is 9.84 Å². The van der Waals surface area contributed by atoms with Crippen molar-refractivity contribution in [1.82, 2.24) is 0 Å². The second kappa shape index (κ2) is 12.6. The van der Waals surface area contributed by atoms with Crippen LogP contribution < -0.4 is 0 Å². The molecule has 0 saturated carbocycles. The molecule has 3 atom stereocenters. The van der Waals surface area contributed by atoms with Crippen molar-refractivity contribution < 1.29 is 19.4 Å². The number of allylic oxidation sites excluding steroid dienone is 5. The zero-order valence-electron chi connectivity index (χ0n) is 15.5. The summed E-state index contributed by atoms with van der Waals surface area (Å²) in [6, 6.07) is 0. The first-order valence-electron chi connectivity index (χ1n) is 9.37. The molecule has 1 rings (SSSR count). The van der Waals surface area contributed by atoms with Crippen LogP contribution in [0.2, 0.25) is 0 Å². The molecule has 0 unspecified atom stereocenters. The molecule has 0 aromatic rings. The molecule has 0 amide bonds. The Hall–Kier alpha value is -1.68. The van der Waals surface area contributed by atoms with Crippen LogP contribution in [-0.4, -0.2) is 30.1 Å². The van der Waals surface area contributed by atoms with Crippen LogP contribution in [0.3, 0.4) is 0 Å². The summed E-state index contributed by atoms with van der Waals surface area (Å²) in [5, 5.41) is 9.84. The van der Waals surface area contributed by atoms with E-state index in [9.17, 15) is 14.7 Å². The summed E-state index contributed by atoms with van der Waals surface area (Å²) in [5.41, 5.74) is 0. The van der Waals surface area contributed by atoms with Crippen molar-refractivity contribution in [2.45, 2.75) is 64.4 Å². The smallest absolute Gasteiger partial charge is 0.305 e. The van der Waals surface area contributed by atoms with Crippen LogP contribution in [0.15, 0.2) is 36.5 Å². The molecule has 140 valence electrons. The monoisotopic (exact) mass is 348 g/mol. The maximum absolute atomic E-state index is 12.0. The topological polar surface area (TPSA) is 63.6 Å². The van der Waals surface area contributed by atoms with Crippen LogP contribution in [0.1, 0.15) is 58.3 Å². The number of methoxy groups -OCH3 is 1. The molecule has 0 aliphatic heterocycles. The third-order valence-electron chi connectivity index (χ3n) is 4.56. The number of hydrogen-bond acceptors (Lipinski definition) is 4. The summed E-state index contributed by atoms with van der Waals surface area (Å²) in [5.74, 6) is 0.0441. The van der Waals surface area contributed by atoms with Crippen LogP contribution >= 0.6 is 0 Å². The second-order valence-corrected chi connectivity index (χ2v) is 6.58. The lowest BCUT2D eigenvalue weighted by atomic mass is 9.88. The maximum atomic E-state index is 12.0. The molecule has 0 aromatic heterocycles. The molecule has 0 fully saturated rings. The van der Waals surface area contributed by atoms with Crippen molar-refractivity contribution in [2.75, 3.05) is 7.11 Å². The highest BCUT2D eigenvalue weighted by molar-refractivity contribution is 5.94. The summed E-state index contributed by atoms with van der Waals surface area (Å²) in [7, 11) is 1.33. The number of ketones is 1. The van der Waals surface area contributed by atoms with Crippen LogP contribution in [0.4, 0.5) is 0 Å². The molecule has 0 heterocycles. The Morgan fingerprint density at radius 1 is 1.28 bits per heavy atom. The average Bonchev–Trinajstić information content (AvgIpc) is 2.96. The van der Waals surface area contributed by atoms with Gasteiger partial charge in [0.15, 0.2) is 5.78 Å². The van der Waals surface area contributed by atoms with E-state index >= 15 is 0 Å². The van der Waals surface area contributed by atoms with E-state index in [1.54, 1.807) is 12.2 Å². The van der Waals surface area contributed by atoms with Gasteiger partial charge in [-0.15, -0.1) is 0 Å². The first kappa shape index (κ1) is 21.4. The summed E-state index contributed by atoms with van der Waals surface area (Å²) in [6.45, 7) is 2.20. The van der Waals surface area contributed by atoms with Gasteiger partial charge in [-0.2, -0.15) is 0 Å². The molecule has 25 heavy (non-hydrogen) atoms.